The number of benzene rings is 1. The Hall–Kier alpha value is -1.27. The highest BCUT2D eigenvalue weighted by atomic mass is 79.9. The summed E-state index contributed by atoms with van der Waals surface area (Å²) in [6, 6.07) is 4.99. The highest BCUT2D eigenvalue weighted by molar-refractivity contribution is 9.10. The zero-order valence-corrected chi connectivity index (χ0v) is 10.9. The van der Waals surface area contributed by atoms with Crippen LogP contribution in [-0.2, 0) is 13.1 Å². The van der Waals surface area contributed by atoms with Gasteiger partial charge in [-0.1, -0.05) is 22.0 Å². The molecule has 1 N–H and O–H groups in total. The molecule has 1 aromatic carbocycles. The lowest BCUT2D eigenvalue weighted by Gasteiger charge is -2.03. The SMILES string of the molecule is CNCc1ncn(Cc2ccc(Br)cc2F)n1. The topological polar surface area (TPSA) is 42.7 Å². The van der Waals surface area contributed by atoms with Gasteiger partial charge in [0, 0.05) is 10.0 Å². The van der Waals surface area contributed by atoms with Gasteiger partial charge < -0.3 is 5.32 Å². The van der Waals surface area contributed by atoms with Crippen LogP contribution in [0.4, 0.5) is 4.39 Å². The maximum absolute atomic E-state index is 13.6. The fourth-order valence-corrected chi connectivity index (χ4v) is 1.81. The van der Waals surface area contributed by atoms with Gasteiger partial charge in [-0.25, -0.2) is 14.1 Å². The monoisotopic (exact) mass is 298 g/mol. The van der Waals surface area contributed by atoms with Crippen molar-refractivity contribution in [1.29, 1.82) is 0 Å². The molecule has 0 fully saturated rings. The summed E-state index contributed by atoms with van der Waals surface area (Å²) in [6.07, 6.45) is 1.61. The van der Waals surface area contributed by atoms with Gasteiger partial charge in [-0.05, 0) is 19.2 Å². The summed E-state index contributed by atoms with van der Waals surface area (Å²) in [4.78, 5) is 4.11. The van der Waals surface area contributed by atoms with E-state index in [0.29, 0.717) is 24.5 Å². The Labute approximate surface area is 107 Å². The Kier molecular flexibility index (Phi) is 3.86. The van der Waals surface area contributed by atoms with E-state index < -0.39 is 0 Å². The van der Waals surface area contributed by atoms with Crippen LogP contribution in [0.15, 0.2) is 29.0 Å². The molecule has 0 aliphatic heterocycles. The predicted octanol–water partition coefficient (Wildman–Crippen LogP) is 1.95. The van der Waals surface area contributed by atoms with Crippen LogP contribution in [0.1, 0.15) is 11.4 Å². The molecule has 0 bridgehead atoms. The first-order valence-corrected chi connectivity index (χ1v) is 5.95. The molecule has 0 aliphatic carbocycles. The van der Waals surface area contributed by atoms with E-state index in [1.165, 1.54) is 6.07 Å². The number of aromatic nitrogens is 3. The molecular formula is C11H12BrFN4. The van der Waals surface area contributed by atoms with E-state index in [9.17, 15) is 4.39 Å². The molecule has 4 nitrogen and oxygen atoms in total. The minimum Gasteiger partial charge on any atom is -0.313 e. The van der Waals surface area contributed by atoms with Gasteiger partial charge in [-0.3, -0.25) is 0 Å². The Morgan fingerprint density at radius 2 is 2.29 bits per heavy atom. The van der Waals surface area contributed by atoms with Gasteiger partial charge in [-0.15, -0.1) is 0 Å². The van der Waals surface area contributed by atoms with E-state index in [1.807, 2.05) is 13.1 Å². The summed E-state index contributed by atoms with van der Waals surface area (Å²) in [5.41, 5.74) is 0.592. The summed E-state index contributed by atoms with van der Waals surface area (Å²) in [5, 5.41) is 7.18. The quantitative estimate of drug-likeness (QED) is 0.938. The molecule has 0 atom stereocenters. The van der Waals surface area contributed by atoms with Crippen molar-refractivity contribution in [3.05, 3.63) is 46.2 Å². The zero-order chi connectivity index (χ0) is 12.3. The molecule has 0 aliphatic rings. The first kappa shape index (κ1) is 12.2. The maximum atomic E-state index is 13.6. The molecule has 1 aromatic heterocycles. The van der Waals surface area contributed by atoms with Crippen molar-refractivity contribution in [3.8, 4) is 0 Å². The molecule has 6 heteroatoms. The molecule has 0 spiro atoms. The summed E-state index contributed by atoms with van der Waals surface area (Å²) >= 11 is 3.22. The van der Waals surface area contributed by atoms with Crippen LogP contribution in [0.5, 0.6) is 0 Å². The second-order valence-electron chi connectivity index (χ2n) is 3.62. The molecule has 1 heterocycles. The minimum absolute atomic E-state index is 0.245. The van der Waals surface area contributed by atoms with Gasteiger partial charge >= 0.3 is 0 Å². The lowest BCUT2D eigenvalue weighted by atomic mass is 10.2. The standard InChI is InChI=1S/C11H12BrFN4/c1-14-5-11-15-7-17(16-11)6-8-2-3-9(12)4-10(8)13/h2-4,7,14H,5-6H2,1H3. The van der Waals surface area contributed by atoms with Crippen LogP contribution in [-0.4, -0.2) is 21.8 Å². The molecule has 2 aromatic rings. The van der Waals surface area contributed by atoms with Crippen LogP contribution in [0.3, 0.4) is 0 Å². The molecule has 0 amide bonds. The average molecular weight is 299 g/mol. The number of halogens is 2. The summed E-state index contributed by atoms with van der Waals surface area (Å²) < 4.78 is 15.9. The van der Waals surface area contributed by atoms with Crippen molar-refractivity contribution in [2.45, 2.75) is 13.1 Å². The van der Waals surface area contributed by atoms with Crippen molar-refractivity contribution < 1.29 is 4.39 Å². The smallest absolute Gasteiger partial charge is 0.164 e. The van der Waals surface area contributed by atoms with E-state index in [2.05, 4.69) is 31.3 Å². The summed E-state index contributed by atoms with van der Waals surface area (Å²) in [5.74, 6) is 0.454. The lowest BCUT2D eigenvalue weighted by Crippen LogP contribution is -2.08. The predicted molar refractivity (Wildman–Crippen MR) is 66.0 cm³/mol. The van der Waals surface area contributed by atoms with Crippen LogP contribution >= 0.6 is 15.9 Å². The van der Waals surface area contributed by atoms with E-state index in [-0.39, 0.29) is 5.82 Å². The normalized spacial score (nSPS) is 10.8. The molecule has 0 saturated carbocycles. The van der Waals surface area contributed by atoms with Gasteiger partial charge in [0.2, 0.25) is 0 Å². The average Bonchev–Trinajstić information content (AvgIpc) is 2.71. The molecule has 0 unspecified atom stereocenters. The maximum Gasteiger partial charge on any atom is 0.164 e. The van der Waals surface area contributed by atoms with Crippen LogP contribution in [0.25, 0.3) is 0 Å². The highest BCUT2D eigenvalue weighted by Crippen LogP contribution is 2.15. The van der Waals surface area contributed by atoms with Crippen LogP contribution < -0.4 is 5.32 Å². The molecule has 0 saturated heterocycles. The van der Waals surface area contributed by atoms with Crippen molar-refractivity contribution in [1.82, 2.24) is 20.1 Å². The van der Waals surface area contributed by atoms with Crippen LogP contribution in [0, 0.1) is 5.82 Å². The lowest BCUT2D eigenvalue weighted by molar-refractivity contribution is 0.580. The van der Waals surface area contributed by atoms with E-state index >= 15 is 0 Å². The summed E-state index contributed by atoms with van der Waals surface area (Å²) in [7, 11) is 1.83. The van der Waals surface area contributed by atoms with Gasteiger partial charge in [0.1, 0.15) is 12.1 Å². The molecule has 0 radical (unpaired) electrons. The van der Waals surface area contributed by atoms with E-state index in [4.69, 9.17) is 0 Å². The van der Waals surface area contributed by atoms with Crippen molar-refractivity contribution in [2.24, 2.45) is 0 Å². The van der Waals surface area contributed by atoms with Crippen LogP contribution in [0.2, 0.25) is 0 Å². The molecule has 17 heavy (non-hydrogen) atoms. The van der Waals surface area contributed by atoms with Gasteiger partial charge in [0.05, 0.1) is 13.1 Å². The third kappa shape index (κ3) is 3.10. The number of rotatable bonds is 4. The second kappa shape index (κ2) is 5.37. The number of nitrogens with one attached hydrogen (secondary N) is 1. The summed E-state index contributed by atoms with van der Waals surface area (Å²) in [6.45, 7) is 0.992. The largest absolute Gasteiger partial charge is 0.313 e. The Bertz CT molecular complexity index is 512. The second-order valence-corrected chi connectivity index (χ2v) is 4.54. The van der Waals surface area contributed by atoms with Gasteiger partial charge in [0.25, 0.3) is 0 Å². The van der Waals surface area contributed by atoms with Crippen molar-refractivity contribution in [2.75, 3.05) is 7.05 Å². The molecular weight excluding hydrogens is 287 g/mol. The Balaban J connectivity index is 2.13. The first-order valence-electron chi connectivity index (χ1n) is 5.16. The Morgan fingerprint density at radius 1 is 1.47 bits per heavy atom. The number of hydrogen-bond donors (Lipinski definition) is 1. The molecule has 2 rings (SSSR count). The first-order chi connectivity index (χ1) is 8.19. The fourth-order valence-electron chi connectivity index (χ4n) is 1.47. The fraction of sp³-hybridized carbons (Fsp3) is 0.273. The van der Waals surface area contributed by atoms with Crippen molar-refractivity contribution >= 4 is 15.9 Å². The highest BCUT2D eigenvalue weighted by Gasteiger charge is 2.05. The molecule has 90 valence electrons. The third-order valence-electron chi connectivity index (χ3n) is 2.27. The van der Waals surface area contributed by atoms with Gasteiger partial charge in [0.15, 0.2) is 5.82 Å². The van der Waals surface area contributed by atoms with Crippen molar-refractivity contribution in [3.63, 3.8) is 0 Å². The van der Waals surface area contributed by atoms with Gasteiger partial charge in [-0.2, -0.15) is 5.10 Å². The zero-order valence-electron chi connectivity index (χ0n) is 9.32. The Morgan fingerprint density at radius 3 is 3.00 bits per heavy atom. The number of nitrogens with zero attached hydrogens (tertiary/aromatic N) is 3. The van der Waals surface area contributed by atoms with E-state index in [1.54, 1.807) is 17.1 Å². The number of hydrogen-bond acceptors (Lipinski definition) is 3. The minimum atomic E-state index is -0.245. The third-order valence-corrected chi connectivity index (χ3v) is 2.76. The van der Waals surface area contributed by atoms with E-state index in [0.717, 1.165) is 4.47 Å².